The minimum atomic E-state index is 0.385. The molecule has 1 aromatic rings. The molecule has 0 aromatic heterocycles. The zero-order chi connectivity index (χ0) is 13.0. The van der Waals surface area contributed by atoms with Crippen LogP contribution in [0.15, 0.2) is 18.2 Å². The van der Waals surface area contributed by atoms with Gasteiger partial charge in [0.05, 0.1) is 6.61 Å². The molecule has 1 aromatic carbocycles. The number of nitrogens with one attached hydrogen (secondary N) is 1. The van der Waals surface area contributed by atoms with Gasteiger partial charge in [0.1, 0.15) is 5.75 Å². The fourth-order valence-corrected chi connectivity index (χ4v) is 2.52. The van der Waals surface area contributed by atoms with E-state index in [-0.39, 0.29) is 0 Å². The van der Waals surface area contributed by atoms with Crippen molar-refractivity contribution in [2.75, 3.05) is 20.2 Å². The Morgan fingerprint density at radius 1 is 1.44 bits per heavy atom. The third kappa shape index (κ3) is 3.03. The summed E-state index contributed by atoms with van der Waals surface area (Å²) in [5, 5.41) is 3.39. The van der Waals surface area contributed by atoms with Crippen LogP contribution < -0.4 is 15.8 Å². The fraction of sp³-hybridized carbons (Fsp3) is 0.600. The van der Waals surface area contributed by atoms with Crippen molar-refractivity contribution in [3.05, 3.63) is 29.3 Å². The van der Waals surface area contributed by atoms with Crippen LogP contribution in [-0.4, -0.2) is 20.2 Å². The number of nitrogens with two attached hydrogens (primary N) is 1. The van der Waals surface area contributed by atoms with Crippen LogP contribution in [0.3, 0.4) is 0 Å². The monoisotopic (exact) mass is 248 g/mol. The normalized spacial score (nSPS) is 17.7. The Morgan fingerprint density at radius 3 is 3.00 bits per heavy atom. The third-order valence-corrected chi connectivity index (χ3v) is 3.72. The molecule has 0 saturated heterocycles. The molecule has 0 spiro atoms. The number of rotatable bonds is 5. The molecule has 0 saturated carbocycles. The molecule has 2 atom stereocenters. The van der Waals surface area contributed by atoms with Crippen molar-refractivity contribution in [2.24, 2.45) is 11.7 Å². The molecule has 100 valence electrons. The Balaban J connectivity index is 2.15. The van der Waals surface area contributed by atoms with Gasteiger partial charge in [-0.15, -0.1) is 0 Å². The lowest BCUT2D eigenvalue weighted by molar-refractivity contribution is 0.288. The van der Waals surface area contributed by atoms with Gasteiger partial charge in [-0.3, -0.25) is 0 Å². The van der Waals surface area contributed by atoms with Crippen molar-refractivity contribution in [3.8, 4) is 5.75 Å². The van der Waals surface area contributed by atoms with Crippen LogP contribution in [0, 0.1) is 5.92 Å². The minimum Gasteiger partial charge on any atom is -0.493 e. The summed E-state index contributed by atoms with van der Waals surface area (Å²) in [6.45, 7) is 3.80. The Bertz CT molecular complexity index is 392. The summed E-state index contributed by atoms with van der Waals surface area (Å²) in [4.78, 5) is 0. The molecule has 0 bridgehead atoms. The number of fused-ring (bicyclic) bond motifs is 1. The number of hydrogen-bond donors (Lipinski definition) is 2. The standard InChI is InChI=1S/C15H24N2O/c1-11(10-16)8-14(17-2)12-5-6-15-13(9-12)4-3-7-18-15/h5-6,9,11,14,17H,3-4,7-8,10,16H2,1-2H3. The van der Waals surface area contributed by atoms with E-state index in [0.717, 1.165) is 38.2 Å². The van der Waals surface area contributed by atoms with Gasteiger partial charge in [0.15, 0.2) is 0 Å². The van der Waals surface area contributed by atoms with Gasteiger partial charge >= 0.3 is 0 Å². The van der Waals surface area contributed by atoms with E-state index in [1.807, 2.05) is 7.05 Å². The zero-order valence-corrected chi connectivity index (χ0v) is 11.4. The molecule has 0 fully saturated rings. The Morgan fingerprint density at radius 2 is 2.28 bits per heavy atom. The van der Waals surface area contributed by atoms with Crippen molar-refractivity contribution in [3.63, 3.8) is 0 Å². The lowest BCUT2D eigenvalue weighted by atomic mass is 9.93. The number of benzene rings is 1. The molecule has 2 rings (SSSR count). The molecule has 3 N–H and O–H groups in total. The van der Waals surface area contributed by atoms with Gasteiger partial charge in [-0.2, -0.15) is 0 Å². The van der Waals surface area contributed by atoms with E-state index in [2.05, 4.69) is 30.4 Å². The van der Waals surface area contributed by atoms with Gasteiger partial charge in [0, 0.05) is 6.04 Å². The van der Waals surface area contributed by atoms with Gasteiger partial charge in [0.2, 0.25) is 0 Å². The van der Waals surface area contributed by atoms with Crippen LogP contribution in [0.5, 0.6) is 5.75 Å². The largest absolute Gasteiger partial charge is 0.493 e. The average Bonchev–Trinajstić information content (AvgIpc) is 2.44. The first-order valence-corrected chi connectivity index (χ1v) is 6.87. The molecule has 0 amide bonds. The van der Waals surface area contributed by atoms with Crippen LogP contribution in [-0.2, 0) is 6.42 Å². The Labute approximate surface area is 110 Å². The van der Waals surface area contributed by atoms with Gasteiger partial charge in [-0.25, -0.2) is 0 Å². The molecular formula is C15H24N2O. The van der Waals surface area contributed by atoms with E-state index in [1.54, 1.807) is 0 Å². The molecule has 3 nitrogen and oxygen atoms in total. The molecule has 1 aliphatic rings. The molecule has 1 aliphatic heterocycles. The maximum absolute atomic E-state index is 5.72. The van der Waals surface area contributed by atoms with Crippen LogP contribution in [0.1, 0.15) is 36.9 Å². The van der Waals surface area contributed by atoms with Crippen LogP contribution in [0.25, 0.3) is 0 Å². The van der Waals surface area contributed by atoms with Gasteiger partial charge < -0.3 is 15.8 Å². The molecule has 1 heterocycles. The average molecular weight is 248 g/mol. The van der Waals surface area contributed by atoms with Crippen molar-refractivity contribution in [1.29, 1.82) is 0 Å². The first-order chi connectivity index (χ1) is 8.74. The predicted molar refractivity (Wildman–Crippen MR) is 74.9 cm³/mol. The highest BCUT2D eigenvalue weighted by Gasteiger charge is 2.16. The van der Waals surface area contributed by atoms with Gasteiger partial charge in [-0.1, -0.05) is 19.1 Å². The second kappa shape index (κ2) is 6.21. The zero-order valence-electron chi connectivity index (χ0n) is 11.4. The Hall–Kier alpha value is -1.06. The first-order valence-electron chi connectivity index (χ1n) is 6.87. The van der Waals surface area contributed by atoms with E-state index in [0.29, 0.717) is 12.0 Å². The highest BCUT2D eigenvalue weighted by Crippen LogP contribution is 2.29. The highest BCUT2D eigenvalue weighted by molar-refractivity contribution is 5.39. The van der Waals surface area contributed by atoms with E-state index in [4.69, 9.17) is 10.5 Å². The fourth-order valence-electron chi connectivity index (χ4n) is 2.52. The number of aryl methyl sites for hydroxylation is 1. The van der Waals surface area contributed by atoms with Crippen molar-refractivity contribution >= 4 is 0 Å². The van der Waals surface area contributed by atoms with Crippen LogP contribution in [0.2, 0.25) is 0 Å². The van der Waals surface area contributed by atoms with Crippen LogP contribution in [0.4, 0.5) is 0 Å². The lowest BCUT2D eigenvalue weighted by Gasteiger charge is -2.23. The minimum absolute atomic E-state index is 0.385. The molecule has 0 radical (unpaired) electrons. The summed E-state index contributed by atoms with van der Waals surface area (Å²) < 4.78 is 5.65. The molecule has 3 heteroatoms. The molecule has 2 unspecified atom stereocenters. The van der Waals surface area contributed by atoms with Crippen molar-refractivity contribution < 1.29 is 4.74 Å². The third-order valence-electron chi connectivity index (χ3n) is 3.72. The number of hydrogen-bond acceptors (Lipinski definition) is 3. The Kier molecular flexibility index (Phi) is 4.61. The summed E-state index contributed by atoms with van der Waals surface area (Å²) in [5.41, 5.74) is 8.41. The molecule has 18 heavy (non-hydrogen) atoms. The van der Waals surface area contributed by atoms with Crippen molar-refractivity contribution in [1.82, 2.24) is 5.32 Å². The second-order valence-corrected chi connectivity index (χ2v) is 5.24. The van der Waals surface area contributed by atoms with Gasteiger partial charge in [-0.05, 0) is 56.0 Å². The topological polar surface area (TPSA) is 47.3 Å². The smallest absolute Gasteiger partial charge is 0.122 e. The predicted octanol–water partition coefficient (Wildman–Crippen LogP) is 2.26. The van der Waals surface area contributed by atoms with E-state index >= 15 is 0 Å². The summed E-state index contributed by atoms with van der Waals surface area (Å²) in [6, 6.07) is 6.96. The summed E-state index contributed by atoms with van der Waals surface area (Å²) in [7, 11) is 2.02. The first kappa shape index (κ1) is 13.4. The van der Waals surface area contributed by atoms with E-state index < -0.39 is 0 Å². The highest BCUT2D eigenvalue weighted by atomic mass is 16.5. The lowest BCUT2D eigenvalue weighted by Crippen LogP contribution is -2.22. The summed E-state index contributed by atoms with van der Waals surface area (Å²) in [6.07, 6.45) is 3.33. The van der Waals surface area contributed by atoms with Crippen molar-refractivity contribution in [2.45, 2.75) is 32.2 Å². The maximum Gasteiger partial charge on any atom is 0.122 e. The van der Waals surface area contributed by atoms with Gasteiger partial charge in [0.25, 0.3) is 0 Å². The molecule has 0 aliphatic carbocycles. The maximum atomic E-state index is 5.72. The number of ether oxygens (including phenoxy) is 1. The van der Waals surface area contributed by atoms with E-state index in [9.17, 15) is 0 Å². The second-order valence-electron chi connectivity index (χ2n) is 5.24. The molecular weight excluding hydrogens is 224 g/mol. The quantitative estimate of drug-likeness (QED) is 0.840. The SMILES string of the molecule is CNC(CC(C)CN)c1ccc2c(c1)CCCO2. The summed E-state index contributed by atoms with van der Waals surface area (Å²) >= 11 is 0. The van der Waals surface area contributed by atoms with Crippen LogP contribution >= 0.6 is 0 Å². The summed E-state index contributed by atoms with van der Waals surface area (Å²) in [5.74, 6) is 1.60. The van der Waals surface area contributed by atoms with E-state index in [1.165, 1.54) is 11.1 Å².